The molecule has 0 heterocycles. The van der Waals surface area contributed by atoms with Gasteiger partial charge in [0.2, 0.25) is 0 Å². The van der Waals surface area contributed by atoms with Crippen LogP contribution in [-0.4, -0.2) is 37.7 Å². The Morgan fingerprint density at radius 1 is 0.253 bits per heavy atom. The fourth-order valence-corrected chi connectivity index (χ4v) is 14.7. The third-order valence-electron chi connectivity index (χ3n) is 17.9. The van der Waals surface area contributed by atoms with Crippen molar-refractivity contribution in [1.82, 2.24) is 0 Å². The molecule has 0 bridgehead atoms. The zero-order valence-corrected chi connectivity index (χ0v) is 67.1. The van der Waals surface area contributed by atoms with Gasteiger partial charge in [-0.3, -0.25) is 0 Å². The SMILES string of the molecule is CCCCCCCCc1ccccc1OP(=O)([O-])Oc1ccccc1CCCCCCCC.CCCCCCCCc1ccccc1OP(=O)([O-])Oc1ccccc1CCCCCCCC.CCCCCCCCc1ccccc1O[PH](=O)Oc1ccccc1CCCCCCCC.[Ca+2]. The van der Waals surface area contributed by atoms with Gasteiger partial charge in [-0.25, -0.2) is 13.7 Å². The maximum atomic E-state index is 12.8. The second kappa shape index (κ2) is 57.4. The van der Waals surface area contributed by atoms with E-state index in [1.807, 2.05) is 84.9 Å². The molecule has 0 atom stereocenters. The van der Waals surface area contributed by atoms with E-state index in [-0.39, 0.29) is 37.7 Å². The molecule has 0 unspecified atom stereocenters. The van der Waals surface area contributed by atoms with Crippen molar-refractivity contribution in [3.8, 4) is 34.5 Å². The Labute approximate surface area is 632 Å². The molecular formula is C84H127CaO11P3. The van der Waals surface area contributed by atoms with Crippen LogP contribution in [0.5, 0.6) is 34.5 Å². The first-order chi connectivity index (χ1) is 47.8. The molecule has 99 heavy (non-hydrogen) atoms. The summed E-state index contributed by atoms with van der Waals surface area (Å²) in [6.07, 6.45) is 48.8. The van der Waals surface area contributed by atoms with Crippen LogP contribution in [0.2, 0.25) is 0 Å². The zero-order chi connectivity index (χ0) is 70.4. The standard InChI is InChI=1S/2C28H43O4P.C28H43O3P.Ca/c2*1-3-5-7-9-11-13-19-25-21-15-17-23-27(25)31-33(29,30)32-28-24-18-16-22-26(28)20-14-12-10-8-6-4-2;1-3-5-7-9-11-13-19-25-21-15-17-23-27(25)30-32(29)31-28-24-18-16-22-26(28)20-14-12-10-8-6-4-2;/h2*15-18,21-24H,3-14,19-20H2,1-2H3,(H,29,30);15-18,21-24,32H,3-14,19-20H2,1-2H3;/q;;;+2/p-2. The number of hydrogen-bond donors (Lipinski definition) is 0. The molecule has 0 N–H and O–H groups in total. The van der Waals surface area contributed by atoms with Gasteiger partial charge in [-0.2, -0.15) is 0 Å². The van der Waals surface area contributed by atoms with Crippen molar-refractivity contribution in [1.29, 1.82) is 0 Å². The molecule has 546 valence electrons. The van der Waals surface area contributed by atoms with Crippen LogP contribution in [0.1, 0.15) is 306 Å². The second-order valence-electron chi connectivity index (χ2n) is 26.5. The third-order valence-corrected chi connectivity index (χ3v) is 20.3. The quantitative estimate of drug-likeness (QED) is 0.0204. The van der Waals surface area contributed by atoms with E-state index in [0.29, 0.717) is 34.5 Å². The summed E-state index contributed by atoms with van der Waals surface area (Å²) in [5.41, 5.74) is 5.87. The summed E-state index contributed by atoms with van der Waals surface area (Å²) < 4.78 is 71.6. The van der Waals surface area contributed by atoms with Gasteiger partial charge in [0.25, 0.3) is 0 Å². The largest absolute Gasteiger partial charge is 2.00 e. The second-order valence-corrected chi connectivity index (χ2v) is 29.9. The van der Waals surface area contributed by atoms with Crippen molar-refractivity contribution >= 4 is 61.6 Å². The van der Waals surface area contributed by atoms with Crippen molar-refractivity contribution in [2.75, 3.05) is 0 Å². The van der Waals surface area contributed by atoms with Crippen LogP contribution in [0.4, 0.5) is 0 Å². The van der Waals surface area contributed by atoms with Crippen LogP contribution < -0.4 is 36.9 Å². The molecule has 6 aromatic carbocycles. The van der Waals surface area contributed by atoms with Gasteiger partial charge in [0.05, 0.1) is 0 Å². The molecule has 0 saturated heterocycles. The number of aryl methyl sites for hydroxylation is 6. The minimum Gasteiger partial charge on any atom is -0.736 e. The minimum atomic E-state index is -4.55. The summed E-state index contributed by atoms with van der Waals surface area (Å²) in [7, 11) is -11.8. The predicted molar refractivity (Wildman–Crippen MR) is 415 cm³/mol. The van der Waals surface area contributed by atoms with Crippen molar-refractivity contribution in [3.63, 3.8) is 0 Å². The molecule has 0 aliphatic rings. The van der Waals surface area contributed by atoms with E-state index in [9.17, 15) is 23.5 Å². The van der Waals surface area contributed by atoms with Crippen LogP contribution in [0.25, 0.3) is 0 Å². The number of unbranched alkanes of at least 4 members (excludes halogenated alkanes) is 30. The Hall–Kier alpha value is -4.01. The van der Waals surface area contributed by atoms with Gasteiger partial charge >= 0.3 is 61.6 Å². The topological polar surface area (TPSA) is 153 Å². The Kier molecular flexibility index (Phi) is 51.7. The van der Waals surface area contributed by atoms with Crippen LogP contribution in [0.3, 0.4) is 0 Å². The van der Waals surface area contributed by atoms with Crippen LogP contribution >= 0.6 is 23.9 Å². The maximum absolute atomic E-state index is 12.8. The van der Waals surface area contributed by atoms with E-state index in [1.165, 1.54) is 167 Å². The molecule has 0 radical (unpaired) electrons. The van der Waals surface area contributed by atoms with Gasteiger partial charge in [-0.05, 0) is 147 Å². The van der Waals surface area contributed by atoms with E-state index in [2.05, 4.69) is 53.7 Å². The smallest absolute Gasteiger partial charge is 0.736 e. The molecule has 11 nitrogen and oxygen atoms in total. The number of hydrogen-bond acceptors (Lipinski definition) is 11. The van der Waals surface area contributed by atoms with Gasteiger partial charge < -0.3 is 36.9 Å². The molecule has 0 aromatic heterocycles. The average Bonchev–Trinajstić information content (AvgIpc) is 0.862. The molecular weight excluding hydrogens is 1320 g/mol. The van der Waals surface area contributed by atoms with Gasteiger partial charge in [-0.15, -0.1) is 0 Å². The van der Waals surface area contributed by atoms with Gasteiger partial charge in [0.1, 0.15) is 34.5 Å². The summed E-state index contributed by atoms with van der Waals surface area (Å²) in [4.78, 5) is 25.5. The fraction of sp³-hybridized carbons (Fsp3) is 0.571. The Morgan fingerprint density at radius 3 is 0.596 bits per heavy atom. The third kappa shape index (κ3) is 41.8. The van der Waals surface area contributed by atoms with Crippen molar-refractivity contribution in [2.45, 2.75) is 311 Å². The van der Waals surface area contributed by atoms with Crippen LogP contribution in [-0.2, 0) is 52.2 Å². The molecule has 0 fully saturated rings. The summed E-state index contributed by atoms with van der Waals surface area (Å²) in [5.74, 6) is 2.88. The molecule has 6 rings (SSSR count). The fourth-order valence-electron chi connectivity index (χ4n) is 12.1. The number of para-hydroxylation sites is 6. The summed E-state index contributed by atoms with van der Waals surface area (Å²) in [6, 6.07) is 45.3. The van der Waals surface area contributed by atoms with Crippen molar-refractivity contribution in [3.05, 3.63) is 179 Å². The maximum Gasteiger partial charge on any atom is 2.00 e. The first-order valence-electron chi connectivity index (χ1n) is 38.6. The average molecular weight is 1450 g/mol. The summed E-state index contributed by atoms with van der Waals surface area (Å²) in [6.45, 7) is 13.3. The van der Waals surface area contributed by atoms with Gasteiger partial charge in [0.15, 0.2) is 0 Å². The van der Waals surface area contributed by atoms with Gasteiger partial charge in [0, 0.05) is 0 Å². The summed E-state index contributed by atoms with van der Waals surface area (Å²) in [5, 5.41) is 0. The van der Waals surface area contributed by atoms with Crippen molar-refractivity contribution in [2.24, 2.45) is 0 Å². The molecule has 0 amide bonds. The summed E-state index contributed by atoms with van der Waals surface area (Å²) >= 11 is 0. The number of rotatable bonds is 54. The van der Waals surface area contributed by atoms with E-state index in [4.69, 9.17) is 27.1 Å². The minimum absolute atomic E-state index is 0. The van der Waals surface area contributed by atoms with E-state index in [0.717, 1.165) is 136 Å². The Morgan fingerprint density at radius 2 is 0.404 bits per heavy atom. The molecule has 0 saturated carbocycles. The monoisotopic (exact) mass is 1440 g/mol. The molecule has 15 heteroatoms. The van der Waals surface area contributed by atoms with Crippen LogP contribution in [0, 0.1) is 0 Å². The normalized spacial score (nSPS) is 11.2. The molecule has 0 aliphatic carbocycles. The number of phosphoric ester groups is 2. The molecule has 6 aromatic rings. The molecule has 0 aliphatic heterocycles. The van der Waals surface area contributed by atoms with E-state index >= 15 is 0 Å². The van der Waals surface area contributed by atoms with E-state index < -0.39 is 23.9 Å². The first kappa shape index (κ1) is 89.2. The molecule has 0 spiro atoms. The Bertz CT molecular complexity index is 2770. The predicted octanol–water partition coefficient (Wildman–Crippen LogP) is 25.8. The van der Waals surface area contributed by atoms with E-state index in [1.54, 1.807) is 48.5 Å². The number of benzene rings is 6. The zero-order valence-electron chi connectivity index (χ0n) is 62.1. The number of phosphoric acid groups is 2. The first-order valence-corrected chi connectivity index (χ1v) is 42.8. The van der Waals surface area contributed by atoms with Crippen molar-refractivity contribution < 1.29 is 50.6 Å². The Balaban J connectivity index is 0.000000385. The van der Waals surface area contributed by atoms with Gasteiger partial charge in [-0.1, -0.05) is 343 Å². The van der Waals surface area contributed by atoms with Crippen LogP contribution in [0.15, 0.2) is 146 Å².